The fourth-order valence-electron chi connectivity index (χ4n) is 10.3. The first kappa shape index (κ1) is 31.8. The van der Waals surface area contributed by atoms with Gasteiger partial charge >= 0.3 is 0 Å². The topological polar surface area (TPSA) is 53.3 Å². The lowest BCUT2D eigenvalue weighted by atomic mass is 9.88. The zero-order valence-electron chi connectivity index (χ0n) is 29.8. The van der Waals surface area contributed by atoms with Gasteiger partial charge in [-0.3, -0.25) is 14.5 Å². The maximum Gasteiger partial charge on any atom is 0.159 e. The number of hydrogen-bond acceptors (Lipinski definition) is 6. The molecule has 4 aliphatic heterocycles. The van der Waals surface area contributed by atoms with Gasteiger partial charge in [0.05, 0.1) is 10.9 Å². The molecule has 2 atom stereocenters. The van der Waals surface area contributed by atoms with Gasteiger partial charge in [0.15, 0.2) is 5.82 Å². The lowest BCUT2D eigenvalue weighted by Gasteiger charge is -2.51. The molecule has 4 fully saturated rings. The lowest BCUT2D eigenvalue weighted by molar-refractivity contribution is 0.0981. The summed E-state index contributed by atoms with van der Waals surface area (Å²) in [5.41, 5.74) is 2.78. The molecule has 7 nitrogen and oxygen atoms in total. The van der Waals surface area contributed by atoms with E-state index in [1.54, 1.807) is 10.7 Å². The van der Waals surface area contributed by atoms with Crippen molar-refractivity contribution in [3.63, 3.8) is 0 Å². The third-order valence-electron chi connectivity index (χ3n) is 13.0. The van der Waals surface area contributed by atoms with E-state index in [9.17, 15) is 0 Å². The quantitative estimate of drug-likeness (QED) is 0.180. The molecule has 9 heteroatoms. The predicted octanol–water partition coefficient (Wildman–Crippen LogP) is 7.53. The predicted molar refractivity (Wildman–Crippen MR) is 196 cm³/mol. The molecule has 9 rings (SSSR count). The van der Waals surface area contributed by atoms with Gasteiger partial charge in [-0.05, 0) is 108 Å². The highest BCUT2D eigenvalue weighted by atomic mass is 19.1. The normalized spacial score (nSPS) is 23.0. The molecule has 4 saturated heterocycles. The molecule has 0 saturated carbocycles. The highest BCUT2D eigenvalue weighted by Gasteiger charge is 2.51. The van der Waals surface area contributed by atoms with E-state index in [0.29, 0.717) is 45.2 Å². The molecule has 0 radical (unpaired) electrons. The van der Waals surface area contributed by atoms with Crippen LogP contribution in [0.5, 0.6) is 0 Å². The van der Waals surface area contributed by atoms with Crippen molar-refractivity contribution in [2.45, 2.75) is 95.3 Å². The Balaban J connectivity index is 1.33. The molecule has 0 amide bonds. The number of rotatable bonds is 5. The van der Waals surface area contributed by atoms with Gasteiger partial charge < -0.3 is 4.90 Å². The monoisotopic (exact) mass is 673 g/mol. The Morgan fingerprint density at radius 3 is 2.54 bits per heavy atom. The van der Waals surface area contributed by atoms with Crippen LogP contribution < -0.4 is 4.90 Å². The number of hydrogen-bond donors (Lipinski definition) is 0. The van der Waals surface area contributed by atoms with E-state index in [4.69, 9.17) is 21.5 Å². The summed E-state index contributed by atoms with van der Waals surface area (Å²) < 4.78 is 34.9. The minimum Gasteiger partial charge on any atom is -0.347 e. The number of likely N-dealkylation sites (N-methyl/N-ethyl adjacent to an activating group) is 1. The highest BCUT2D eigenvalue weighted by molar-refractivity contribution is 6.18. The second kappa shape index (κ2) is 11.2. The Labute approximate surface area is 292 Å². The smallest absolute Gasteiger partial charge is 0.159 e. The first-order valence-corrected chi connectivity index (χ1v) is 18.3. The number of halogens is 2. The second-order valence-corrected chi connectivity index (χ2v) is 16.0. The molecule has 3 aromatic carbocycles. The number of terminal acetylenes is 1. The van der Waals surface area contributed by atoms with Crippen molar-refractivity contribution < 1.29 is 8.78 Å². The molecule has 0 spiro atoms. The Bertz CT molecular complexity index is 2260. The van der Waals surface area contributed by atoms with Gasteiger partial charge in [-0.25, -0.2) is 18.7 Å². The maximum atomic E-state index is 17.9. The van der Waals surface area contributed by atoms with Crippen molar-refractivity contribution in [2.75, 3.05) is 31.6 Å². The average molecular weight is 674 g/mol. The van der Waals surface area contributed by atoms with Crippen molar-refractivity contribution in [3.8, 4) is 23.5 Å². The van der Waals surface area contributed by atoms with Crippen molar-refractivity contribution in [3.05, 3.63) is 59.0 Å². The third kappa shape index (κ3) is 4.50. The number of nitrogens with zero attached hydrogens (tertiary/aromatic N) is 7. The molecular weight excluding hydrogens is 628 g/mol. The second-order valence-electron chi connectivity index (χ2n) is 16.0. The molecule has 50 heavy (non-hydrogen) atoms. The Morgan fingerprint density at radius 2 is 1.78 bits per heavy atom. The molecule has 5 aromatic rings. The van der Waals surface area contributed by atoms with Crippen LogP contribution >= 0.6 is 0 Å². The van der Waals surface area contributed by atoms with E-state index in [1.165, 1.54) is 31.7 Å². The largest absolute Gasteiger partial charge is 0.347 e. The van der Waals surface area contributed by atoms with Crippen LogP contribution in [0, 0.1) is 30.9 Å². The molecule has 4 aliphatic rings. The van der Waals surface area contributed by atoms with Crippen molar-refractivity contribution in [1.82, 2.24) is 29.5 Å². The van der Waals surface area contributed by atoms with E-state index in [0.717, 1.165) is 61.1 Å². The Kier molecular flexibility index (Phi) is 7.12. The minimum absolute atomic E-state index is 0.0969. The van der Waals surface area contributed by atoms with Crippen molar-refractivity contribution in [2.24, 2.45) is 7.05 Å². The van der Waals surface area contributed by atoms with E-state index in [1.807, 2.05) is 32.3 Å². The van der Waals surface area contributed by atoms with E-state index < -0.39 is 11.6 Å². The minimum atomic E-state index is -0.504. The number of anilines is 1. The fourth-order valence-corrected chi connectivity index (χ4v) is 10.3. The summed E-state index contributed by atoms with van der Waals surface area (Å²) >= 11 is 0. The third-order valence-corrected chi connectivity index (χ3v) is 13.0. The molecule has 2 unspecified atom stereocenters. The van der Waals surface area contributed by atoms with Crippen molar-refractivity contribution >= 4 is 38.4 Å². The molecule has 0 N–H and O–H groups in total. The van der Waals surface area contributed by atoms with Gasteiger partial charge in [0.1, 0.15) is 28.5 Å². The molecule has 2 aromatic heterocycles. The number of likely N-dealkylation sites (tertiary alicyclic amines) is 1. The van der Waals surface area contributed by atoms with Crippen LogP contribution in [0.4, 0.5) is 14.6 Å². The van der Waals surface area contributed by atoms with Crippen LogP contribution in [0.2, 0.25) is 0 Å². The number of benzene rings is 3. The summed E-state index contributed by atoms with van der Waals surface area (Å²) in [6.07, 6.45) is 16.5. The Morgan fingerprint density at radius 1 is 1.00 bits per heavy atom. The fraction of sp³-hybridized carbons (Fsp3) is 0.488. The summed E-state index contributed by atoms with van der Waals surface area (Å²) in [7, 11) is 4.07. The number of aryl methyl sites for hydroxylation is 3. The van der Waals surface area contributed by atoms with Crippen LogP contribution in [0.25, 0.3) is 43.7 Å². The van der Waals surface area contributed by atoms with Gasteiger partial charge in [0, 0.05) is 65.7 Å². The highest BCUT2D eigenvalue weighted by Crippen LogP contribution is 2.48. The van der Waals surface area contributed by atoms with Gasteiger partial charge in [-0.1, -0.05) is 24.1 Å². The van der Waals surface area contributed by atoms with Gasteiger partial charge in [-0.15, -0.1) is 6.42 Å². The van der Waals surface area contributed by atoms with Crippen LogP contribution in [0.15, 0.2) is 30.5 Å². The SMILES string of the molecule is C#Cc1c(F)ccc2cc(C)cc(-c3c(F)c4nc(CCC56CCCN5CCC6)nc(N5C6CCC5C(C)(C)N(C)C6)c4c4cn(C)nc34)c12. The van der Waals surface area contributed by atoms with E-state index in [2.05, 4.69) is 41.5 Å². The summed E-state index contributed by atoms with van der Waals surface area (Å²) in [5.74, 6) is 3.11. The molecular formula is C41H45F2N7. The van der Waals surface area contributed by atoms with E-state index >= 15 is 8.78 Å². The van der Waals surface area contributed by atoms with Crippen LogP contribution in [0.3, 0.4) is 0 Å². The maximum absolute atomic E-state index is 17.9. The molecule has 6 heterocycles. The van der Waals surface area contributed by atoms with Crippen LogP contribution in [0.1, 0.15) is 75.7 Å². The average Bonchev–Trinajstić information content (AvgIpc) is 3.85. The van der Waals surface area contributed by atoms with E-state index in [-0.39, 0.29) is 28.7 Å². The molecule has 2 bridgehead atoms. The summed E-state index contributed by atoms with van der Waals surface area (Å²) in [6.45, 7) is 9.82. The summed E-state index contributed by atoms with van der Waals surface area (Å²) in [6, 6.07) is 7.45. The Hall–Kier alpha value is -4.13. The standard InChI is InChI=1S/C41H45F2N7/c1-7-27-30(42)12-10-25-20-24(2)21-28(33(25)27)34-36(43)38-35(29-23-48(6)46-37(29)34)39(50-26-11-13-31(50)40(3,4)47(5)22-26)45-32(44-38)14-17-41-15-8-18-49(41)19-9-16-41/h1,10,12,20-21,23,26,31H,8-9,11,13-19,22H2,2-6H3. The lowest BCUT2D eigenvalue weighted by Crippen LogP contribution is -2.64. The first-order chi connectivity index (χ1) is 24.0. The molecule has 0 aliphatic carbocycles. The zero-order valence-corrected chi connectivity index (χ0v) is 29.8. The van der Waals surface area contributed by atoms with Gasteiger partial charge in [0.2, 0.25) is 0 Å². The summed E-state index contributed by atoms with van der Waals surface area (Å²) in [4.78, 5) is 18.2. The van der Waals surface area contributed by atoms with Crippen molar-refractivity contribution in [1.29, 1.82) is 0 Å². The van der Waals surface area contributed by atoms with Crippen LogP contribution in [-0.2, 0) is 13.5 Å². The number of aromatic nitrogens is 4. The summed E-state index contributed by atoms with van der Waals surface area (Å²) in [5, 5.41) is 7.66. The number of fused-ring (bicyclic) bond motifs is 7. The molecule has 258 valence electrons. The first-order valence-electron chi connectivity index (χ1n) is 18.3. The number of piperazine rings is 1. The van der Waals surface area contributed by atoms with Crippen LogP contribution in [-0.4, -0.2) is 79.4 Å². The zero-order chi connectivity index (χ0) is 34.7. The van der Waals surface area contributed by atoms with Gasteiger partial charge in [0.25, 0.3) is 0 Å². The van der Waals surface area contributed by atoms with Gasteiger partial charge in [-0.2, -0.15) is 5.10 Å².